The monoisotopic (exact) mass is 469 g/mol. The fraction of sp³-hybridized carbons (Fsp3) is 0.606. The van der Waals surface area contributed by atoms with Gasteiger partial charge in [0, 0.05) is 20.0 Å². The lowest BCUT2D eigenvalue weighted by atomic mass is 9.41. The molecule has 0 spiro atoms. The second-order valence-electron chi connectivity index (χ2n) is 13.3. The van der Waals surface area contributed by atoms with Crippen molar-refractivity contribution in [1.82, 2.24) is 4.90 Å². The lowest BCUT2D eigenvalue weighted by Gasteiger charge is -2.63. The van der Waals surface area contributed by atoms with Crippen LogP contribution in [-0.2, 0) is 4.79 Å². The molecule has 4 aliphatic carbocycles. The highest BCUT2D eigenvalue weighted by molar-refractivity contribution is 5.83. The Balaban J connectivity index is 1.31. The zero-order chi connectivity index (χ0) is 24.6. The van der Waals surface area contributed by atoms with E-state index in [1.807, 2.05) is 11.9 Å². The van der Waals surface area contributed by atoms with Crippen LogP contribution in [0.3, 0.4) is 0 Å². The minimum absolute atomic E-state index is 0.207. The normalized spacial score (nSPS) is 40.4. The average Bonchev–Trinajstić information content (AvgIpc) is 3.21. The molecule has 0 aromatic heterocycles. The van der Waals surface area contributed by atoms with Crippen LogP contribution in [0.1, 0.15) is 90.5 Å². The van der Waals surface area contributed by atoms with E-state index in [-0.39, 0.29) is 5.91 Å². The molecule has 2 aromatic rings. The quantitative estimate of drug-likeness (QED) is 0.407. The number of rotatable bonds is 2. The predicted octanol–water partition coefficient (Wildman–Crippen LogP) is 8.12. The number of amides is 1. The molecule has 2 aromatic carbocycles. The highest BCUT2D eigenvalue weighted by atomic mass is 16.2. The van der Waals surface area contributed by atoms with Gasteiger partial charge in [-0.15, -0.1) is 0 Å². The number of fused-ring (bicyclic) bond motifs is 6. The molecule has 3 saturated carbocycles. The highest BCUT2D eigenvalue weighted by Gasteiger charge is 2.63. The Morgan fingerprint density at radius 2 is 1.66 bits per heavy atom. The first-order chi connectivity index (χ1) is 16.7. The largest absolute Gasteiger partial charge is 0.343 e. The van der Waals surface area contributed by atoms with Gasteiger partial charge in [-0.05, 0) is 102 Å². The molecule has 2 heteroatoms. The third-order valence-corrected chi connectivity index (χ3v) is 11.9. The lowest BCUT2D eigenvalue weighted by molar-refractivity contribution is -0.131. The van der Waals surface area contributed by atoms with Crippen LogP contribution in [-0.4, -0.2) is 23.9 Å². The van der Waals surface area contributed by atoms with Gasteiger partial charge in [-0.3, -0.25) is 4.79 Å². The van der Waals surface area contributed by atoms with Gasteiger partial charge in [0.2, 0.25) is 5.91 Å². The van der Waals surface area contributed by atoms with Crippen LogP contribution in [0.5, 0.6) is 0 Å². The molecule has 3 fully saturated rings. The van der Waals surface area contributed by atoms with Crippen LogP contribution in [0.2, 0.25) is 0 Å². The Morgan fingerprint density at radius 1 is 0.886 bits per heavy atom. The minimum Gasteiger partial charge on any atom is -0.343 e. The maximum atomic E-state index is 12.0. The van der Waals surface area contributed by atoms with Crippen LogP contribution in [0.15, 0.2) is 54.1 Å². The molecule has 6 rings (SSSR count). The minimum atomic E-state index is 0.207. The molecule has 0 radical (unpaired) electrons. The average molecular weight is 470 g/mol. The molecule has 0 saturated heterocycles. The molecule has 0 heterocycles. The van der Waals surface area contributed by atoms with Gasteiger partial charge in [-0.2, -0.15) is 0 Å². The molecule has 7 atom stereocenters. The number of nitrogens with zero attached hydrogens (tertiary/aromatic N) is 1. The SMILES string of the molecule is CC(=O)N(C)[C@H]1CC[C@@]2(C)C(=CC[C@@]3(C)[C@@H]4CC[C@H](c5ccc6ccccc6c5)[C@@]4(C)CC[C@@H]32)C1. The third kappa shape index (κ3) is 3.31. The van der Waals surface area contributed by atoms with Crippen molar-refractivity contribution in [2.45, 2.75) is 91.0 Å². The molecule has 0 N–H and O–H groups in total. The summed E-state index contributed by atoms with van der Waals surface area (Å²) in [5.41, 5.74) is 4.32. The summed E-state index contributed by atoms with van der Waals surface area (Å²) in [6.45, 7) is 9.61. The summed E-state index contributed by atoms with van der Waals surface area (Å²) in [6, 6.07) is 16.5. The first kappa shape index (κ1) is 23.3. The Labute approximate surface area is 212 Å². The Morgan fingerprint density at radius 3 is 2.43 bits per heavy atom. The molecule has 4 aliphatic rings. The van der Waals surface area contributed by atoms with Gasteiger partial charge >= 0.3 is 0 Å². The molecule has 186 valence electrons. The van der Waals surface area contributed by atoms with Crippen LogP contribution in [0, 0.1) is 28.1 Å². The maximum absolute atomic E-state index is 12.0. The number of benzene rings is 2. The fourth-order valence-corrected chi connectivity index (χ4v) is 9.86. The van der Waals surface area contributed by atoms with E-state index in [4.69, 9.17) is 0 Å². The number of allylic oxidation sites excluding steroid dienone is 1. The molecule has 2 nitrogen and oxygen atoms in total. The van der Waals surface area contributed by atoms with E-state index >= 15 is 0 Å². The number of carbonyl (C=O) groups excluding carboxylic acids is 1. The van der Waals surface area contributed by atoms with Gasteiger partial charge in [0.25, 0.3) is 0 Å². The summed E-state index contributed by atoms with van der Waals surface area (Å²) in [5, 5.41) is 2.75. The molecule has 0 aliphatic heterocycles. The zero-order valence-electron chi connectivity index (χ0n) is 22.4. The summed E-state index contributed by atoms with van der Waals surface area (Å²) in [5.74, 6) is 2.44. The summed E-state index contributed by atoms with van der Waals surface area (Å²) in [7, 11) is 2.00. The topological polar surface area (TPSA) is 20.3 Å². The van der Waals surface area contributed by atoms with Crippen LogP contribution >= 0.6 is 0 Å². The van der Waals surface area contributed by atoms with Gasteiger partial charge in [0.05, 0.1) is 0 Å². The lowest BCUT2D eigenvalue weighted by Crippen LogP contribution is -2.56. The van der Waals surface area contributed by atoms with Crippen molar-refractivity contribution in [3.05, 3.63) is 59.7 Å². The zero-order valence-corrected chi connectivity index (χ0v) is 22.4. The number of hydrogen-bond donors (Lipinski definition) is 0. The van der Waals surface area contributed by atoms with Gasteiger partial charge in [-0.25, -0.2) is 0 Å². The van der Waals surface area contributed by atoms with E-state index in [1.54, 1.807) is 18.1 Å². The van der Waals surface area contributed by atoms with Crippen LogP contribution in [0.25, 0.3) is 10.8 Å². The summed E-state index contributed by atoms with van der Waals surface area (Å²) >= 11 is 0. The molecule has 0 unspecified atom stereocenters. The van der Waals surface area contributed by atoms with Crippen molar-refractivity contribution in [3.8, 4) is 0 Å². The molecular formula is C33H43NO. The van der Waals surface area contributed by atoms with Crippen molar-refractivity contribution in [1.29, 1.82) is 0 Å². The molecular weight excluding hydrogens is 426 g/mol. The summed E-state index contributed by atoms with van der Waals surface area (Å²) in [4.78, 5) is 14.0. The Bertz CT molecular complexity index is 1200. The van der Waals surface area contributed by atoms with Crippen molar-refractivity contribution < 1.29 is 4.79 Å². The van der Waals surface area contributed by atoms with Gasteiger partial charge < -0.3 is 4.90 Å². The van der Waals surface area contributed by atoms with E-state index < -0.39 is 0 Å². The molecule has 35 heavy (non-hydrogen) atoms. The van der Waals surface area contributed by atoms with E-state index in [1.165, 1.54) is 49.3 Å². The Hall–Kier alpha value is -2.09. The fourth-order valence-electron chi connectivity index (χ4n) is 9.86. The second kappa shape index (κ2) is 7.95. The molecule has 1 amide bonds. The van der Waals surface area contributed by atoms with Crippen molar-refractivity contribution in [2.75, 3.05) is 7.05 Å². The summed E-state index contributed by atoms with van der Waals surface area (Å²) in [6.07, 6.45) is 12.8. The number of hydrogen-bond acceptors (Lipinski definition) is 1. The third-order valence-electron chi connectivity index (χ3n) is 11.9. The molecule has 0 bridgehead atoms. The van der Waals surface area contributed by atoms with Gasteiger partial charge in [-0.1, -0.05) is 74.9 Å². The van der Waals surface area contributed by atoms with E-state index in [0.717, 1.165) is 24.7 Å². The first-order valence-electron chi connectivity index (χ1n) is 14.1. The van der Waals surface area contributed by atoms with Crippen LogP contribution in [0.4, 0.5) is 0 Å². The van der Waals surface area contributed by atoms with Crippen LogP contribution < -0.4 is 0 Å². The van der Waals surface area contributed by atoms with E-state index in [2.05, 4.69) is 69.3 Å². The maximum Gasteiger partial charge on any atom is 0.219 e. The summed E-state index contributed by atoms with van der Waals surface area (Å²) < 4.78 is 0. The Kier molecular flexibility index (Phi) is 5.30. The predicted molar refractivity (Wildman–Crippen MR) is 145 cm³/mol. The van der Waals surface area contributed by atoms with Gasteiger partial charge in [0.15, 0.2) is 0 Å². The second-order valence-corrected chi connectivity index (χ2v) is 13.3. The van der Waals surface area contributed by atoms with Crippen molar-refractivity contribution in [3.63, 3.8) is 0 Å². The van der Waals surface area contributed by atoms with Gasteiger partial charge in [0.1, 0.15) is 0 Å². The standard InChI is InChI=1S/C33H43NO/c1-22(35)34(5)27-15-18-31(2)26(21-27)14-17-33(4)29-13-12-28(32(29,3)19-16-30(31)33)25-11-10-23-8-6-7-9-24(23)20-25/h6-11,14,20,27-30H,12-13,15-19,21H2,1-5H3/t27-,28+,29+,30+,31-,32+,33-/m0/s1. The van der Waals surface area contributed by atoms with E-state index in [0.29, 0.717) is 28.2 Å². The van der Waals surface area contributed by atoms with Crippen molar-refractivity contribution >= 4 is 16.7 Å². The number of carbonyl (C=O) groups is 1. The first-order valence-corrected chi connectivity index (χ1v) is 14.1. The van der Waals surface area contributed by atoms with E-state index in [9.17, 15) is 4.79 Å². The smallest absolute Gasteiger partial charge is 0.219 e. The highest BCUT2D eigenvalue weighted by Crippen LogP contribution is 2.72. The van der Waals surface area contributed by atoms with Crippen molar-refractivity contribution in [2.24, 2.45) is 28.1 Å².